The fourth-order valence-electron chi connectivity index (χ4n) is 3.10. The zero-order chi connectivity index (χ0) is 17.1. The molecule has 6 nitrogen and oxygen atoms in total. The second-order valence-corrected chi connectivity index (χ2v) is 6.49. The number of hydrogen-bond acceptors (Lipinski definition) is 5. The van der Waals surface area contributed by atoms with E-state index in [1.54, 1.807) is 6.33 Å². The van der Waals surface area contributed by atoms with Crippen LogP contribution < -0.4 is 0 Å². The first-order valence-corrected chi connectivity index (χ1v) is 8.51. The molecule has 3 rings (SSSR count). The standard InChI is InChI=1S/C17H22N4O2S/c1-13-5-3-4-6-15(13)20-11-18-21(17(20)24)12-19-9-7-14(8-10-19)16(22)23-2/h3-6,11,14H,7-10,12H2,1-2H3. The minimum absolute atomic E-state index is 0.0174. The van der Waals surface area contributed by atoms with Crippen LogP contribution in [0.15, 0.2) is 30.6 Å². The maximum Gasteiger partial charge on any atom is 0.308 e. The second-order valence-electron chi connectivity index (χ2n) is 6.13. The van der Waals surface area contributed by atoms with E-state index in [2.05, 4.69) is 23.0 Å². The Hall–Kier alpha value is -1.99. The summed E-state index contributed by atoms with van der Waals surface area (Å²) in [6.07, 6.45) is 3.41. The molecular weight excluding hydrogens is 324 g/mol. The average Bonchev–Trinajstić information content (AvgIpc) is 2.96. The number of aryl methyl sites for hydroxylation is 1. The Morgan fingerprint density at radius 1 is 1.33 bits per heavy atom. The maximum atomic E-state index is 11.6. The van der Waals surface area contributed by atoms with Crippen LogP contribution in [-0.4, -0.2) is 45.4 Å². The Labute approximate surface area is 146 Å². The van der Waals surface area contributed by atoms with Crippen LogP contribution in [0, 0.1) is 17.6 Å². The molecule has 2 aromatic rings. The summed E-state index contributed by atoms with van der Waals surface area (Å²) in [7, 11) is 1.45. The van der Waals surface area contributed by atoms with E-state index in [1.165, 1.54) is 7.11 Å². The molecule has 7 heteroatoms. The van der Waals surface area contributed by atoms with E-state index in [9.17, 15) is 4.79 Å². The van der Waals surface area contributed by atoms with Gasteiger partial charge in [0.15, 0.2) is 0 Å². The first kappa shape index (κ1) is 16.9. The van der Waals surface area contributed by atoms with Crippen molar-refractivity contribution in [3.05, 3.63) is 40.9 Å². The molecule has 128 valence electrons. The molecule has 0 bridgehead atoms. The van der Waals surface area contributed by atoms with Crippen LogP contribution in [0.2, 0.25) is 0 Å². The molecule has 0 atom stereocenters. The van der Waals surface area contributed by atoms with Gasteiger partial charge in [0.05, 0.1) is 25.4 Å². The molecule has 1 aromatic carbocycles. The summed E-state index contributed by atoms with van der Waals surface area (Å²) in [6.45, 7) is 4.40. The Balaban J connectivity index is 1.69. The van der Waals surface area contributed by atoms with Crippen LogP contribution in [0.5, 0.6) is 0 Å². The molecule has 0 aliphatic carbocycles. The van der Waals surface area contributed by atoms with Crippen molar-refractivity contribution in [3.8, 4) is 5.69 Å². The summed E-state index contributed by atoms with van der Waals surface area (Å²) in [5.74, 6) is -0.0844. The molecule has 1 aliphatic heterocycles. The van der Waals surface area contributed by atoms with Crippen molar-refractivity contribution < 1.29 is 9.53 Å². The van der Waals surface area contributed by atoms with Gasteiger partial charge in [-0.25, -0.2) is 4.68 Å². The van der Waals surface area contributed by atoms with E-state index in [4.69, 9.17) is 17.0 Å². The van der Waals surface area contributed by atoms with Gasteiger partial charge in [-0.3, -0.25) is 14.3 Å². The van der Waals surface area contributed by atoms with Crippen molar-refractivity contribution in [3.63, 3.8) is 0 Å². The lowest BCUT2D eigenvalue weighted by molar-refractivity contribution is -0.147. The summed E-state index contributed by atoms with van der Waals surface area (Å²) in [5, 5.41) is 4.44. The largest absolute Gasteiger partial charge is 0.469 e. The number of ether oxygens (including phenoxy) is 1. The van der Waals surface area contributed by atoms with Gasteiger partial charge >= 0.3 is 5.97 Å². The first-order chi connectivity index (χ1) is 11.6. The van der Waals surface area contributed by atoms with Crippen molar-refractivity contribution in [1.29, 1.82) is 0 Å². The predicted molar refractivity (Wildman–Crippen MR) is 93.4 cm³/mol. The number of para-hydroxylation sites is 1. The maximum absolute atomic E-state index is 11.6. The van der Waals surface area contributed by atoms with E-state index in [0.29, 0.717) is 11.4 Å². The normalized spacial score (nSPS) is 16.2. The lowest BCUT2D eigenvalue weighted by Crippen LogP contribution is -2.38. The minimum Gasteiger partial charge on any atom is -0.469 e. The van der Waals surface area contributed by atoms with Crippen LogP contribution in [0.4, 0.5) is 0 Å². The van der Waals surface area contributed by atoms with Crippen molar-refractivity contribution in [2.75, 3.05) is 20.2 Å². The predicted octanol–water partition coefficient (Wildman–Crippen LogP) is 2.55. The number of benzene rings is 1. The van der Waals surface area contributed by atoms with Crippen molar-refractivity contribution in [1.82, 2.24) is 19.2 Å². The molecule has 1 aliphatic rings. The molecule has 1 fully saturated rings. The summed E-state index contributed by atoms with van der Waals surface area (Å²) in [4.78, 5) is 13.9. The molecule has 0 spiro atoms. The van der Waals surface area contributed by atoms with Gasteiger partial charge in [-0.05, 0) is 43.6 Å². The Morgan fingerprint density at radius 3 is 2.71 bits per heavy atom. The molecule has 0 saturated carbocycles. The fraction of sp³-hybridized carbons (Fsp3) is 0.471. The van der Waals surface area contributed by atoms with E-state index in [1.807, 2.05) is 27.4 Å². The first-order valence-electron chi connectivity index (χ1n) is 8.11. The van der Waals surface area contributed by atoms with Gasteiger partial charge in [0.1, 0.15) is 6.33 Å². The summed E-state index contributed by atoms with van der Waals surface area (Å²) in [5.41, 5.74) is 2.21. The van der Waals surface area contributed by atoms with Crippen LogP contribution >= 0.6 is 12.2 Å². The summed E-state index contributed by atoms with van der Waals surface area (Å²) < 4.78 is 9.28. The highest BCUT2D eigenvalue weighted by Gasteiger charge is 2.25. The Bertz CT molecular complexity index is 775. The molecule has 1 saturated heterocycles. The van der Waals surface area contributed by atoms with Crippen LogP contribution in [0.3, 0.4) is 0 Å². The van der Waals surface area contributed by atoms with Gasteiger partial charge in [-0.2, -0.15) is 5.10 Å². The topological polar surface area (TPSA) is 52.3 Å². The number of hydrogen-bond donors (Lipinski definition) is 0. The van der Waals surface area contributed by atoms with Crippen molar-refractivity contribution in [2.24, 2.45) is 5.92 Å². The molecule has 0 amide bonds. The molecular formula is C17H22N4O2S. The molecule has 24 heavy (non-hydrogen) atoms. The lowest BCUT2D eigenvalue weighted by atomic mass is 9.97. The number of methoxy groups -OCH3 is 1. The zero-order valence-corrected chi connectivity index (χ0v) is 14.8. The van der Waals surface area contributed by atoms with Gasteiger partial charge < -0.3 is 4.74 Å². The highest BCUT2D eigenvalue weighted by Crippen LogP contribution is 2.19. The van der Waals surface area contributed by atoms with E-state index >= 15 is 0 Å². The number of aromatic nitrogens is 3. The minimum atomic E-state index is -0.102. The highest BCUT2D eigenvalue weighted by atomic mass is 32.1. The molecule has 0 N–H and O–H groups in total. The smallest absolute Gasteiger partial charge is 0.308 e. The Kier molecular flexibility index (Phi) is 5.11. The Morgan fingerprint density at radius 2 is 2.04 bits per heavy atom. The monoisotopic (exact) mass is 346 g/mol. The number of rotatable bonds is 4. The van der Waals surface area contributed by atoms with Crippen molar-refractivity contribution in [2.45, 2.75) is 26.4 Å². The van der Waals surface area contributed by atoms with Gasteiger partial charge in [0.2, 0.25) is 4.77 Å². The summed E-state index contributed by atoms with van der Waals surface area (Å²) >= 11 is 5.58. The highest BCUT2D eigenvalue weighted by molar-refractivity contribution is 7.71. The van der Waals surface area contributed by atoms with E-state index in [-0.39, 0.29) is 11.9 Å². The number of piperidine rings is 1. The van der Waals surface area contributed by atoms with E-state index < -0.39 is 0 Å². The molecule has 2 heterocycles. The van der Waals surface area contributed by atoms with Gasteiger partial charge in [0.25, 0.3) is 0 Å². The van der Waals surface area contributed by atoms with Crippen LogP contribution in [0.1, 0.15) is 18.4 Å². The number of carbonyl (C=O) groups excluding carboxylic acids is 1. The molecule has 1 aromatic heterocycles. The second kappa shape index (κ2) is 7.27. The third kappa shape index (κ3) is 3.42. The van der Waals surface area contributed by atoms with Crippen LogP contribution in [0.25, 0.3) is 5.69 Å². The summed E-state index contributed by atoms with van der Waals surface area (Å²) in [6, 6.07) is 8.11. The fourth-order valence-corrected chi connectivity index (χ4v) is 3.35. The van der Waals surface area contributed by atoms with E-state index in [0.717, 1.165) is 37.2 Å². The third-order valence-electron chi connectivity index (χ3n) is 4.56. The zero-order valence-electron chi connectivity index (χ0n) is 14.0. The lowest BCUT2D eigenvalue weighted by Gasteiger charge is -2.30. The molecule has 0 unspecified atom stereocenters. The molecule has 0 radical (unpaired) electrons. The number of nitrogens with zero attached hydrogens (tertiary/aromatic N) is 4. The SMILES string of the molecule is COC(=O)C1CCN(Cn2ncn(-c3ccccc3C)c2=S)CC1. The van der Waals surface area contributed by atoms with Crippen molar-refractivity contribution >= 4 is 18.2 Å². The number of likely N-dealkylation sites (tertiary alicyclic amines) is 1. The van der Waals surface area contributed by atoms with Crippen LogP contribution in [-0.2, 0) is 16.2 Å². The van der Waals surface area contributed by atoms with Gasteiger partial charge in [-0.15, -0.1) is 0 Å². The number of esters is 1. The number of carbonyl (C=O) groups is 1. The van der Waals surface area contributed by atoms with Gasteiger partial charge in [0, 0.05) is 13.1 Å². The quantitative estimate of drug-likeness (QED) is 0.629. The average molecular weight is 346 g/mol. The van der Waals surface area contributed by atoms with Gasteiger partial charge in [-0.1, -0.05) is 18.2 Å². The third-order valence-corrected chi connectivity index (χ3v) is 4.97.